The molecule has 0 aliphatic heterocycles. The quantitative estimate of drug-likeness (QED) is 0.582. The van der Waals surface area contributed by atoms with Gasteiger partial charge in [0, 0.05) is 0 Å². The lowest BCUT2D eigenvalue weighted by atomic mass is 9.81. The van der Waals surface area contributed by atoms with Crippen LogP contribution in [0, 0.1) is 5.82 Å². The highest BCUT2D eigenvalue weighted by atomic mass is 35.5. The van der Waals surface area contributed by atoms with Crippen LogP contribution < -0.4 is 4.74 Å². The molecule has 0 atom stereocenters. The van der Waals surface area contributed by atoms with E-state index in [1.54, 1.807) is 0 Å². The molecule has 0 N–H and O–H groups in total. The molecule has 0 saturated carbocycles. The van der Waals surface area contributed by atoms with Crippen molar-refractivity contribution in [1.82, 2.24) is 0 Å². The van der Waals surface area contributed by atoms with E-state index in [4.69, 9.17) is 16.3 Å². The van der Waals surface area contributed by atoms with Crippen molar-refractivity contribution in [1.29, 1.82) is 0 Å². The summed E-state index contributed by atoms with van der Waals surface area (Å²) in [6, 6.07) is 2.09. The summed E-state index contributed by atoms with van der Waals surface area (Å²) in [5.74, 6) is -0.937. The zero-order valence-electron chi connectivity index (χ0n) is 7.74. The molecule has 0 aliphatic rings. The summed E-state index contributed by atoms with van der Waals surface area (Å²) in [4.78, 5) is 0. The molecule has 7 heteroatoms. The van der Waals surface area contributed by atoms with Gasteiger partial charge in [0.1, 0.15) is 11.6 Å². The summed E-state index contributed by atoms with van der Waals surface area (Å²) in [7, 11) is 1.25. The minimum absolute atomic E-state index is 0.0353. The fourth-order valence-electron chi connectivity index (χ4n) is 1.15. The normalized spacial score (nSPS) is 11.6. The summed E-state index contributed by atoms with van der Waals surface area (Å²) in [5, 5.41) is -0.322. The van der Waals surface area contributed by atoms with Crippen molar-refractivity contribution < 1.29 is 22.1 Å². The number of benzene rings is 1. The Labute approximate surface area is 89.0 Å². The average molecular weight is 241 g/mol. The Morgan fingerprint density at radius 1 is 1.33 bits per heavy atom. The molecule has 84 valence electrons. The minimum Gasteiger partial charge on any atom is -0.495 e. The molecule has 1 aromatic carbocycles. The van der Waals surface area contributed by atoms with Crippen LogP contribution in [0.15, 0.2) is 12.1 Å². The topological polar surface area (TPSA) is 9.23 Å². The molecule has 0 unspecified atom stereocenters. The van der Waals surface area contributed by atoms with Crippen LogP contribution in [-0.4, -0.2) is 14.1 Å². The van der Waals surface area contributed by atoms with Crippen molar-refractivity contribution in [2.45, 2.75) is 6.32 Å². The van der Waals surface area contributed by atoms with Gasteiger partial charge in [0.15, 0.2) is 0 Å². The van der Waals surface area contributed by atoms with Crippen LogP contribution >= 0.6 is 11.6 Å². The molecule has 1 aromatic rings. The van der Waals surface area contributed by atoms with Gasteiger partial charge < -0.3 is 17.7 Å². The van der Waals surface area contributed by atoms with Crippen molar-refractivity contribution >= 4 is 18.6 Å². The van der Waals surface area contributed by atoms with Crippen LogP contribution in [0.3, 0.4) is 0 Å². The van der Waals surface area contributed by atoms with Crippen LogP contribution in [0.1, 0.15) is 5.56 Å². The third-order valence-corrected chi connectivity index (χ3v) is 2.22. The van der Waals surface area contributed by atoms with Gasteiger partial charge in [-0.3, -0.25) is 0 Å². The van der Waals surface area contributed by atoms with Gasteiger partial charge in [-0.15, -0.1) is 0 Å². The van der Waals surface area contributed by atoms with Crippen LogP contribution in [-0.2, 0) is 6.32 Å². The predicted octanol–water partition coefficient (Wildman–Crippen LogP) is 3.42. The van der Waals surface area contributed by atoms with Crippen molar-refractivity contribution in [3.63, 3.8) is 0 Å². The van der Waals surface area contributed by atoms with E-state index < -0.39 is 24.7 Å². The molecule has 0 bridgehead atoms. The Kier molecular flexibility index (Phi) is 3.49. The second-order valence-corrected chi connectivity index (χ2v) is 3.33. The van der Waals surface area contributed by atoms with E-state index in [9.17, 15) is 17.3 Å². The van der Waals surface area contributed by atoms with Gasteiger partial charge in [0.05, 0.1) is 12.1 Å². The first kappa shape index (κ1) is 12.2. The van der Waals surface area contributed by atoms with Gasteiger partial charge in [0.2, 0.25) is 0 Å². The van der Waals surface area contributed by atoms with Crippen LogP contribution in [0.5, 0.6) is 5.75 Å². The molecule has 0 saturated heterocycles. The smallest absolute Gasteiger partial charge is 0.482 e. The van der Waals surface area contributed by atoms with Gasteiger partial charge in [-0.25, -0.2) is 4.39 Å². The van der Waals surface area contributed by atoms with E-state index >= 15 is 0 Å². The summed E-state index contributed by atoms with van der Waals surface area (Å²) in [6.07, 6.45) is -1.35. The van der Waals surface area contributed by atoms with Crippen molar-refractivity contribution in [2.75, 3.05) is 7.11 Å². The maximum Gasteiger partial charge on any atom is 0.482 e. The van der Waals surface area contributed by atoms with E-state index in [0.29, 0.717) is 0 Å². The van der Waals surface area contributed by atoms with Crippen molar-refractivity contribution in [3.05, 3.63) is 28.5 Å². The number of hydrogen-bond donors (Lipinski definition) is 0. The highest BCUT2D eigenvalue weighted by molar-refractivity contribution is 6.58. The van der Waals surface area contributed by atoms with Crippen molar-refractivity contribution in [2.24, 2.45) is 0 Å². The van der Waals surface area contributed by atoms with Crippen LogP contribution in [0.2, 0.25) is 5.02 Å². The Morgan fingerprint density at radius 2 is 1.93 bits per heavy atom. The SMILES string of the molecule is COc1ccc(F)c(C[B-](F)(F)F)c1Cl. The second-order valence-electron chi connectivity index (χ2n) is 2.96. The van der Waals surface area contributed by atoms with Gasteiger partial charge in [0.25, 0.3) is 0 Å². The lowest BCUT2D eigenvalue weighted by Gasteiger charge is -2.16. The number of rotatable bonds is 3. The third kappa shape index (κ3) is 3.02. The van der Waals surface area contributed by atoms with Gasteiger partial charge >= 0.3 is 6.98 Å². The van der Waals surface area contributed by atoms with Gasteiger partial charge in [-0.1, -0.05) is 17.9 Å². The maximum atomic E-state index is 13.1. The summed E-state index contributed by atoms with van der Waals surface area (Å²) >= 11 is 5.57. The maximum absolute atomic E-state index is 13.1. The highest BCUT2D eigenvalue weighted by Gasteiger charge is 2.27. The lowest BCUT2D eigenvalue weighted by molar-refractivity contribution is 0.412. The fraction of sp³-hybridized carbons (Fsp3) is 0.250. The van der Waals surface area contributed by atoms with Crippen molar-refractivity contribution in [3.8, 4) is 5.75 Å². The molecule has 0 spiro atoms. The number of methoxy groups -OCH3 is 1. The predicted molar refractivity (Wildman–Crippen MR) is 50.7 cm³/mol. The molecule has 0 amide bonds. The first-order valence-electron chi connectivity index (χ1n) is 4.07. The molecule has 0 fully saturated rings. The number of ether oxygens (including phenoxy) is 1. The first-order chi connectivity index (χ1) is 6.85. The Bertz CT molecular complexity index is 366. The van der Waals surface area contributed by atoms with E-state index in [-0.39, 0.29) is 10.8 Å². The Hall–Kier alpha value is -0.905. The number of halogens is 5. The molecular formula is C8H7BClF4O-. The minimum atomic E-state index is -5.12. The van der Waals surface area contributed by atoms with Gasteiger partial charge in [-0.2, -0.15) is 0 Å². The summed E-state index contributed by atoms with van der Waals surface area (Å²) in [6.45, 7) is -5.12. The highest BCUT2D eigenvalue weighted by Crippen LogP contribution is 2.32. The van der Waals surface area contributed by atoms with E-state index in [0.717, 1.165) is 6.07 Å². The molecule has 15 heavy (non-hydrogen) atoms. The zero-order chi connectivity index (χ0) is 11.6. The Morgan fingerprint density at radius 3 is 2.40 bits per heavy atom. The second kappa shape index (κ2) is 4.30. The fourth-order valence-corrected chi connectivity index (χ4v) is 1.46. The molecule has 0 aliphatic carbocycles. The molecule has 1 nitrogen and oxygen atoms in total. The zero-order valence-corrected chi connectivity index (χ0v) is 8.49. The van der Waals surface area contributed by atoms with Crippen LogP contribution in [0.4, 0.5) is 17.3 Å². The molecule has 0 radical (unpaired) electrons. The van der Waals surface area contributed by atoms with E-state index in [1.807, 2.05) is 0 Å². The summed E-state index contributed by atoms with van der Waals surface area (Å²) in [5.41, 5.74) is -0.566. The Balaban J connectivity index is 3.15. The van der Waals surface area contributed by atoms with Gasteiger partial charge in [-0.05, 0) is 17.7 Å². The lowest BCUT2D eigenvalue weighted by Crippen LogP contribution is -2.20. The molecule has 0 aromatic heterocycles. The average Bonchev–Trinajstić information content (AvgIpc) is 2.11. The molecule has 0 heterocycles. The standard InChI is InChI=1S/C8H7BClF4O/c1-15-7-3-2-6(11)5(8(7)10)4-9(12,13)14/h2-3H,4H2,1H3/q-1. The molecule has 1 rings (SSSR count). The van der Waals surface area contributed by atoms with E-state index in [1.165, 1.54) is 13.2 Å². The van der Waals surface area contributed by atoms with E-state index in [2.05, 4.69) is 0 Å². The number of hydrogen-bond acceptors (Lipinski definition) is 1. The first-order valence-corrected chi connectivity index (χ1v) is 4.45. The third-order valence-electron chi connectivity index (χ3n) is 1.81. The molecular weight excluding hydrogens is 234 g/mol. The van der Waals surface area contributed by atoms with Crippen LogP contribution in [0.25, 0.3) is 0 Å². The summed E-state index contributed by atoms with van der Waals surface area (Å²) < 4.78 is 54.2. The monoisotopic (exact) mass is 241 g/mol. The largest absolute Gasteiger partial charge is 0.495 e.